The molecule has 0 fully saturated rings. The Kier molecular flexibility index (Phi) is 4.94. The smallest absolute Gasteiger partial charge is 0.335 e. The summed E-state index contributed by atoms with van der Waals surface area (Å²) in [7, 11) is -3.61. The first-order valence-electron chi connectivity index (χ1n) is 6.39. The topological polar surface area (TPSA) is 83.5 Å². The predicted octanol–water partition coefficient (Wildman–Crippen LogP) is 2.35. The highest BCUT2D eigenvalue weighted by atomic mass is 32.2. The molecule has 0 aliphatic rings. The highest BCUT2D eigenvalue weighted by Gasteiger charge is 2.25. The van der Waals surface area contributed by atoms with Gasteiger partial charge in [0.2, 0.25) is 10.0 Å². The second-order valence-corrected chi connectivity index (χ2v) is 7.56. The van der Waals surface area contributed by atoms with E-state index in [4.69, 9.17) is 5.11 Å². The first kappa shape index (κ1) is 16.7. The van der Waals surface area contributed by atoms with E-state index >= 15 is 0 Å². The van der Waals surface area contributed by atoms with Crippen molar-refractivity contribution in [2.24, 2.45) is 11.3 Å². The number of benzene rings is 1. The van der Waals surface area contributed by atoms with Crippen molar-refractivity contribution in [1.82, 2.24) is 4.72 Å². The van der Waals surface area contributed by atoms with Gasteiger partial charge >= 0.3 is 5.97 Å². The van der Waals surface area contributed by atoms with E-state index < -0.39 is 16.0 Å². The van der Waals surface area contributed by atoms with E-state index in [-0.39, 0.29) is 15.9 Å². The summed E-state index contributed by atoms with van der Waals surface area (Å²) in [5.74, 6) is -0.748. The predicted molar refractivity (Wildman–Crippen MR) is 77.2 cm³/mol. The summed E-state index contributed by atoms with van der Waals surface area (Å²) in [5, 5.41) is 8.78. The summed E-state index contributed by atoms with van der Waals surface area (Å²) < 4.78 is 26.8. The molecule has 1 aromatic carbocycles. The lowest BCUT2D eigenvalue weighted by molar-refractivity contribution is 0.0696. The van der Waals surface area contributed by atoms with Gasteiger partial charge in [-0.15, -0.1) is 0 Å². The Morgan fingerprint density at radius 1 is 1.25 bits per heavy atom. The van der Waals surface area contributed by atoms with Crippen LogP contribution >= 0.6 is 0 Å². The first-order chi connectivity index (χ1) is 9.06. The number of carboxylic acids is 1. The first-order valence-corrected chi connectivity index (χ1v) is 7.87. The number of sulfonamides is 1. The molecular formula is C14H21NO4S. The Hall–Kier alpha value is -1.40. The van der Waals surface area contributed by atoms with Crippen LogP contribution in [0.1, 0.15) is 38.1 Å². The van der Waals surface area contributed by atoms with E-state index in [1.807, 2.05) is 27.7 Å². The van der Waals surface area contributed by atoms with Crippen molar-refractivity contribution in [3.05, 3.63) is 29.8 Å². The number of hydrogen-bond acceptors (Lipinski definition) is 3. The van der Waals surface area contributed by atoms with Crippen molar-refractivity contribution >= 4 is 16.0 Å². The Morgan fingerprint density at radius 2 is 1.75 bits per heavy atom. The normalized spacial score (nSPS) is 12.7. The van der Waals surface area contributed by atoms with Crippen LogP contribution in [-0.2, 0) is 10.0 Å². The number of nitrogens with one attached hydrogen (secondary N) is 1. The molecule has 0 saturated heterocycles. The summed E-state index contributed by atoms with van der Waals surface area (Å²) in [5.41, 5.74) is -0.0971. The Balaban J connectivity index is 2.87. The third-order valence-electron chi connectivity index (χ3n) is 3.69. The molecule has 1 rings (SSSR count). The molecule has 6 heteroatoms. The summed E-state index contributed by atoms with van der Waals surface area (Å²) >= 11 is 0. The molecule has 0 aliphatic carbocycles. The van der Waals surface area contributed by atoms with Gasteiger partial charge in [-0.05, 0) is 35.6 Å². The van der Waals surface area contributed by atoms with Crippen LogP contribution in [0.25, 0.3) is 0 Å². The maximum absolute atomic E-state index is 12.1. The molecule has 0 radical (unpaired) electrons. The van der Waals surface area contributed by atoms with E-state index in [9.17, 15) is 13.2 Å². The molecule has 0 bridgehead atoms. The van der Waals surface area contributed by atoms with Crippen molar-refractivity contribution < 1.29 is 18.3 Å². The van der Waals surface area contributed by atoms with Crippen molar-refractivity contribution in [2.75, 3.05) is 6.54 Å². The lowest BCUT2D eigenvalue weighted by Gasteiger charge is -2.29. The van der Waals surface area contributed by atoms with Gasteiger partial charge in [-0.3, -0.25) is 0 Å². The average Bonchev–Trinajstić information content (AvgIpc) is 2.36. The molecule has 20 heavy (non-hydrogen) atoms. The molecule has 112 valence electrons. The van der Waals surface area contributed by atoms with Gasteiger partial charge in [-0.2, -0.15) is 0 Å². The van der Waals surface area contributed by atoms with Gasteiger partial charge in [0.15, 0.2) is 0 Å². The van der Waals surface area contributed by atoms with Crippen molar-refractivity contribution in [2.45, 2.75) is 32.6 Å². The summed E-state index contributed by atoms with van der Waals surface area (Å²) in [6.45, 7) is 8.39. The summed E-state index contributed by atoms with van der Waals surface area (Å²) in [6, 6.07) is 5.16. The molecule has 5 nitrogen and oxygen atoms in total. The average molecular weight is 299 g/mol. The fraction of sp³-hybridized carbons (Fsp3) is 0.500. The highest BCUT2D eigenvalue weighted by molar-refractivity contribution is 7.89. The molecule has 0 heterocycles. The molecule has 0 aromatic heterocycles. The quantitative estimate of drug-likeness (QED) is 0.844. The van der Waals surface area contributed by atoms with E-state index in [1.54, 1.807) is 0 Å². The van der Waals surface area contributed by atoms with Gasteiger partial charge in [-0.25, -0.2) is 17.9 Å². The van der Waals surface area contributed by atoms with Crippen LogP contribution in [0.4, 0.5) is 0 Å². The largest absolute Gasteiger partial charge is 0.478 e. The van der Waals surface area contributed by atoms with Crippen LogP contribution < -0.4 is 4.72 Å². The molecule has 0 atom stereocenters. The van der Waals surface area contributed by atoms with Crippen molar-refractivity contribution in [3.8, 4) is 0 Å². The Bertz CT molecular complexity index is 574. The minimum atomic E-state index is -3.61. The molecule has 2 N–H and O–H groups in total. The maximum Gasteiger partial charge on any atom is 0.335 e. The summed E-state index contributed by atoms with van der Waals surface area (Å²) in [6.07, 6.45) is 0. The van der Waals surface area contributed by atoms with Gasteiger partial charge < -0.3 is 5.11 Å². The molecule has 0 aliphatic heterocycles. The lowest BCUT2D eigenvalue weighted by Crippen LogP contribution is -2.36. The van der Waals surface area contributed by atoms with Gasteiger partial charge in [0.05, 0.1) is 10.5 Å². The molecule has 0 unspecified atom stereocenters. The fourth-order valence-corrected chi connectivity index (χ4v) is 2.57. The molecule has 1 aromatic rings. The second kappa shape index (κ2) is 5.93. The number of hydrogen-bond donors (Lipinski definition) is 2. The van der Waals surface area contributed by atoms with Crippen LogP contribution in [0.3, 0.4) is 0 Å². The fourth-order valence-electron chi connectivity index (χ4n) is 1.35. The second-order valence-electron chi connectivity index (χ2n) is 5.80. The van der Waals surface area contributed by atoms with Gasteiger partial charge in [0.25, 0.3) is 0 Å². The number of rotatable bonds is 6. The zero-order chi connectivity index (χ0) is 15.6. The zero-order valence-corrected chi connectivity index (χ0v) is 13.0. The van der Waals surface area contributed by atoms with Crippen LogP contribution in [-0.4, -0.2) is 26.0 Å². The van der Waals surface area contributed by atoms with E-state index in [0.717, 1.165) is 0 Å². The minimum absolute atomic E-state index is 0.0615. The Labute approximate surface area is 120 Å². The van der Waals surface area contributed by atoms with E-state index in [1.165, 1.54) is 24.3 Å². The van der Waals surface area contributed by atoms with Gasteiger partial charge in [0.1, 0.15) is 0 Å². The van der Waals surface area contributed by atoms with Crippen LogP contribution in [0.5, 0.6) is 0 Å². The van der Waals surface area contributed by atoms with Crippen molar-refractivity contribution in [1.29, 1.82) is 0 Å². The number of aromatic carboxylic acids is 1. The number of carboxylic acid groups (broad SMARTS) is 1. The molecule has 0 saturated carbocycles. The SMILES string of the molecule is CC(C)C(C)(C)CNS(=O)(=O)c1ccc(C(=O)O)cc1. The summed E-state index contributed by atoms with van der Waals surface area (Å²) in [4.78, 5) is 10.8. The van der Waals surface area contributed by atoms with Crippen LogP contribution in [0.2, 0.25) is 0 Å². The number of carbonyl (C=O) groups is 1. The Morgan fingerprint density at radius 3 is 2.15 bits per heavy atom. The van der Waals surface area contributed by atoms with Crippen LogP contribution in [0, 0.1) is 11.3 Å². The lowest BCUT2D eigenvalue weighted by atomic mass is 9.81. The van der Waals surface area contributed by atoms with E-state index in [0.29, 0.717) is 12.5 Å². The zero-order valence-electron chi connectivity index (χ0n) is 12.2. The highest BCUT2D eigenvalue weighted by Crippen LogP contribution is 2.25. The molecule has 0 spiro atoms. The third-order valence-corrected chi connectivity index (χ3v) is 5.11. The molecular weight excluding hydrogens is 278 g/mol. The van der Waals surface area contributed by atoms with E-state index in [2.05, 4.69) is 4.72 Å². The van der Waals surface area contributed by atoms with Gasteiger partial charge in [-0.1, -0.05) is 27.7 Å². The molecule has 0 amide bonds. The third kappa shape index (κ3) is 4.05. The van der Waals surface area contributed by atoms with Gasteiger partial charge in [0, 0.05) is 6.54 Å². The van der Waals surface area contributed by atoms with Crippen LogP contribution in [0.15, 0.2) is 29.2 Å². The minimum Gasteiger partial charge on any atom is -0.478 e. The standard InChI is InChI=1S/C14H21NO4S/c1-10(2)14(3,4)9-15-20(18,19)12-7-5-11(6-8-12)13(16)17/h5-8,10,15H,9H2,1-4H3,(H,16,17). The maximum atomic E-state index is 12.1. The van der Waals surface area contributed by atoms with Crippen molar-refractivity contribution in [3.63, 3.8) is 0 Å². The monoisotopic (exact) mass is 299 g/mol.